The Morgan fingerprint density at radius 2 is 1.63 bits per heavy atom. The fourth-order valence-corrected chi connectivity index (χ4v) is 5.08. The average Bonchev–Trinajstić information content (AvgIpc) is 3.29. The van der Waals surface area contributed by atoms with E-state index in [1.807, 2.05) is 60.7 Å². The number of hydrogen-bond acceptors (Lipinski definition) is 6. The largest absolute Gasteiger partial charge is 0.370 e. The van der Waals surface area contributed by atoms with Crippen LogP contribution >= 0.6 is 11.8 Å². The molecule has 9 heteroatoms. The Labute approximate surface area is 210 Å². The van der Waals surface area contributed by atoms with Crippen molar-refractivity contribution < 1.29 is 9.59 Å². The second-order valence-corrected chi connectivity index (χ2v) is 9.65. The van der Waals surface area contributed by atoms with Gasteiger partial charge in [-0.3, -0.25) is 19.1 Å². The molecule has 1 aliphatic rings. The standard InChI is InChI=1S/C26H32N6O2S/c27-23(33)14-17-31(18-21-10-4-1-5-11-21)25(34)20-35-26-29-28-24(19-30-15-8-3-9-16-30)32(26)22-12-6-2-7-13-22/h1-2,4-7,10-13H,3,8-9,14-20H2,(H2,27,33). The van der Waals surface area contributed by atoms with E-state index in [-0.39, 0.29) is 24.6 Å². The third-order valence-electron chi connectivity index (χ3n) is 6.05. The summed E-state index contributed by atoms with van der Waals surface area (Å²) in [4.78, 5) is 28.7. The Morgan fingerprint density at radius 1 is 0.943 bits per heavy atom. The molecule has 8 nitrogen and oxygen atoms in total. The first-order valence-electron chi connectivity index (χ1n) is 12.0. The van der Waals surface area contributed by atoms with E-state index < -0.39 is 5.91 Å². The second-order valence-electron chi connectivity index (χ2n) is 8.71. The minimum absolute atomic E-state index is 0.0692. The Balaban J connectivity index is 1.49. The Bertz CT molecular complexity index is 1100. The van der Waals surface area contributed by atoms with Crippen LogP contribution in [0, 0.1) is 0 Å². The summed E-state index contributed by atoms with van der Waals surface area (Å²) in [6.07, 6.45) is 3.82. The van der Waals surface area contributed by atoms with Gasteiger partial charge in [0.1, 0.15) is 0 Å². The number of benzene rings is 2. The van der Waals surface area contributed by atoms with Crippen molar-refractivity contribution in [3.05, 3.63) is 72.1 Å². The Kier molecular flexibility index (Phi) is 8.91. The molecule has 0 bridgehead atoms. The highest BCUT2D eigenvalue weighted by Gasteiger charge is 2.21. The molecule has 0 unspecified atom stereocenters. The van der Waals surface area contributed by atoms with Gasteiger partial charge in [0.15, 0.2) is 11.0 Å². The van der Waals surface area contributed by atoms with Gasteiger partial charge in [-0.25, -0.2) is 0 Å². The molecule has 2 N–H and O–H groups in total. The molecule has 0 aliphatic carbocycles. The lowest BCUT2D eigenvalue weighted by Gasteiger charge is -2.26. The van der Waals surface area contributed by atoms with Gasteiger partial charge < -0.3 is 10.6 Å². The third kappa shape index (κ3) is 7.16. The Hall–Kier alpha value is -3.17. The highest BCUT2D eigenvalue weighted by molar-refractivity contribution is 7.99. The van der Waals surface area contributed by atoms with Crippen molar-refractivity contribution >= 4 is 23.6 Å². The zero-order valence-electron chi connectivity index (χ0n) is 19.9. The molecule has 1 fully saturated rings. The molecule has 3 aromatic rings. The predicted molar refractivity (Wildman–Crippen MR) is 137 cm³/mol. The first kappa shape index (κ1) is 24.9. The SMILES string of the molecule is NC(=O)CCN(Cc1ccccc1)C(=O)CSc1nnc(CN2CCCCC2)n1-c1ccccc1. The maximum atomic E-state index is 13.2. The molecular weight excluding hydrogens is 460 g/mol. The van der Waals surface area contributed by atoms with Gasteiger partial charge in [0.05, 0.1) is 12.3 Å². The van der Waals surface area contributed by atoms with Crippen molar-refractivity contribution in [3.63, 3.8) is 0 Å². The maximum absolute atomic E-state index is 13.2. The summed E-state index contributed by atoms with van der Waals surface area (Å²) in [5.41, 5.74) is 7.34. The number of aromatic nitrogens is 3. The topological polar surface area (TPSA) is 97.3 Å². The number of thioether (sulfide) groups is 1. The number of nitrogens with zero attached hydrogens (tertiary/aromatic N) is 5. The van der Waals surface area contributed by atoms with Gasteiger partial charge in [-0.15, -0.1) is 10.2 Å². The molecule has 0 spiro atoms. The molecular formula is C26H32N6O2S. The number of nitrogens with two attached hydrogens (primary N) is 1. The first-order chi connectivity index (χ1) is 17.1. The predicted octanol–water partition coefficient (Wildman–Crippen LogP) is 3.25. The monoisotopic (exact) mass is 492 g/mol. The molecule has 2 heterocycles. The van der Waals surface area contributed by atoms with E-state index in [2.05, 4.69) is 19.7 Å². The molecule has 0 atom stereocenters. The number of hydrogen-bond donors (Lipinski definition) is 1. The number of piperidine rings is 1. The fourth-order valence-electron chi connectivity index (χ4n) is 4.21. The van der Waals surface area contributed by atoms with Gasteiger partial charge in [-0.2, -0.15) is 0 Å². The van der Waals surface area contributed by atoms with E-state index in [1.165, 1.54) is 31.0 Å². The number of carbonyl (C=O) groups is 2. The molecule has 4 rings (SSSR count). The molecule has 1 saturated heterocycles. The van der Waals surface area contributed by atoms with Gasteiger partial charge in [0, 0.05) is 25.2 Å². The van der Waals surface area contributed by atoms with Crippen LogP contribution in [-0.4, -0.2) is 61.8 Å². The van der Waals surface area contributed by atoms with Crippen molar-refractivity contribution in [1.82, 2.24) is 24.6 Å². The smallest absolute Gasteiger partial charge is 0.233 e. The summed E-state index contributed by atoms with van der Waals surface area (Å²) in [5, 5.41) is 9.64. The van der Waals surface area contributed by atoms with Crippen LogP contribution in [0.4, 0.5) is 0 Å². The minimum Gasteiger partial charge on any atom is -0.370 e. The van der Waals surface area contributed by atoms with Gasteiger partial charge in [-0.1, -0.05) is 66.7 Å². The number of para-hydroxylation sites is 1. The number of amides is 2. The molecule has 0 saturated carbocycles. The van der Waals surface area contributed by atoms with E-state index in [1.54, 1.807) is 4.90 Å². The van der Waals surface area contributed by atoms with Crippen LogP contribution < -0.4 is 5.73 Å². The van der Waals surface area contributed by atoms with Crippen molar-refractivity contribution in [2.75, 3.05) is 25.4 Å². The molecule has 35 heavy (non-hydrogen) atoms. The van der Waals surface area contributed by atoms with Crippen LogP contribution in [0.3, 0.4) is 0 Å². The highest BCUT2D eigenvalue weighted by atomic mass is 32.2. The normalized spacial score (nSPS) is 14.1. The van der Waals surface area contributed by atoms with E-state index in [0.29, 0.717) is 11.7 Å². The van der Waals surface area contributed by atoms with E-state index in [4.69, 9.17) is 5.73 Å². The lowest BCUT2D eigenvalue weighted by molar-refractivity contribution is -0.129. The molecule has 0 radical (unpaired) electrons. The van der Waals surface area contributed by atoms with Crippen molar-refractivity contribution in [2.24, 2.45) is 5.73 Å². The quantitative estimate of drug-likeness (QED) is 0.413. The van der Waals surface area contributed by atoms with Crippen LogP contribution in [0.25, 0.3) is 5.69 Å². The summed E-state index contributed by atoms with van der Waals surface area (Å²) >= 11 is 1.37. The lowest BCUT2D eigenvalue weighted by atomic mass is 10.1. The highest BCUT2D eigenvalue weighted by Crippen LogP contribution is 2.24. The molecule has 184 valence electrons. The molecule has 2 aromatic carbocycles. The third-order valence-corrected chi connectivity index (χ3v) is 6.96. The number of primary amides is 1. The molecule has 1 aromatic heterocycles. The zero-order valence-corrected chi connectivity index (χ0v) is 20.7. The van der Waals surface area contributed by atoms with Crippen LogP contribution in [-0.2, 0) is 22.7 Å². The van der Waals surface area contributed by atoms with E-state index >= 15 is 0 Å². The first-order valence-corrected chi connectivity index (χ1v) is 13.0. The Morgan fingerprint density at radius 3 is 2.31 bits per heavy atom. The lowest BCUT2D eigenvalue weighted by Crippen LogP contribution is -2.35. The summed E-state index contributed by atoms with van der Waals surface area (Å²) in [7, 11) is 0. The van der Waals surface area contributed by atoms with Crippen LogP contribution in [0.5, 0.6) is 0 Å². The van der Waals surface area contributed by atoms with E-state index in [9.17, 15) is 9.59 Å². The number of likely N-dealkylation sites (tertiary alicyclic amines) is 1. The second kappa shape index (κ2) is 12.5. The van der Waals surface area contributed by atoms with Crippen LogP contribution in [0.2, 0.25) is 0 Å². The summed E-state index contributed by atoms with van der Waals surface area (Å²) in [5.74, 6) is 0.582. The average molecular weight is 493 g/mol. The molecule has 2 amide bonds. The minimum atomic E-state index is -0.422. The summed E-state index contributed by atoms with van der Waals surface area (Å²) in [6, 6.07) is 19.8. The van der Waals surface area contributed by atoms with Crippen molar-refractivity contribution in [2.45, 2.75) is 43.9 Å². The van der Waals surface area contributed by atoms with Gasteiger partial charge in [0.25, 0.3) is 0 Å². The van der Waals surface area contributed by atoms with Crippen molar-refractivity contribution in [1.29, 1.82) is 0 Å². The fraction of sp³-hybridized carbons (Fsp3) is 0.385. The van der Waals surface area contributed by atoms with E-state index in [0.717, 1.165) is 36.7 Å². The van der Waals surface area contributed by atoms with Gasteiger partial charge in [0.2, 0.25) is 11.8 Å². The number of carbonyl (C=O) groups excluding carboxylic acids is 2. The van der Waals surface area contributed by atoms with Gasteiger partial charge >= 0.3 is 0 Å². The zero-order chi connectivity index (χ0) is 24.5. The number of rotatable bonds is 11. The van der Waals surface area contributed by atoms with Crippen molar-refractivity contribution in [3.8, 4) is 5.69 Å². The van der Waals surface area contributed by atoms with Crippen LogP contribution in [0.15, 0.2) is 65.8 Å². The summed E-state index contributed by atoms with van der Waals surface area (Å²) < 4.78 is 2.05. The van der Waals surface area contributed by atoms with Gasteiger partial charge in [-0.05, 0) is 43.6 Å². The summed E-state index contributed by atoms with van der Waals surface area (Å²) in [6.45, 7) is 3.58. The van der Waals surface area contributed by atoms with Crippen LogP contribution in [0.1, 0.15) is 37.1 Å². The maximum Gasteiger partial charge on any atom is 0.233 e. The molecule has 1 aliphatic heterocycles.